The van der Waals surface area contributed by atoms with Gasteiger partial charge in [-0.3, -0.25) is 9.69 Å². The molecule has 0 N–H and O–H groups in total. The van der Waals surface area contributed by atoms with Crippen LogP contribution in [-0.4, -0.2) is 33.6 Å². The molecule has 6 nitrogen and oxygen atoms in total. The Morgan fingerprint density at radius 1 is 1.16 bits per heavy atom. The van der Waals surface area contributed by atoms with E-state index in [2.05, 4.69) is 31.0 Å². The quantitative estimate of drug-likeness (QED) is 0.395. The van der Waals surface area contributed by atoms with Crippen LogP contribution in [0.2, 0.25) is 0 Å². The summed E-state index contributed by atoms with van der Waals surface area (Å²) in [6, 6.07) is 11.9. The number of anilines is 1. The van der Waals surface area contributed by atoms with Gasteiger partial charge in [0.05, 0.1) is 16.5 Å². The second-order valence-corrected chi connectivity index (χ2v) is 8.66. The number of carbonyl (C=O) groups is 1. The number of hydrogen-bond acceptors (Lipinski definition) is 5. The van der Waals surface area contributed by atoms with Gasteiger partial charge in [-0.2, -0.15) is 0 Å². The van der Waals surface area contributed by atoms with Crippen molar-refractivity contribution in [2.45, 2.75) is 33.7 Å². The van der Waals surface area contributed by atoms with Crippen molar-refractivity contribution < 1.29 is 9.53 Å². The van der Waals surface area contributed by atoms with Crippen LogP contribution in [0, 0.1) is 20.8 Å². The summed E-state index contributed by atoms with van der Waals surface area (Å²) in [4.78, 5) is 23.8. The molecule has 0 radical (unpaired) electrons. The van der Waals surface area contributed by atoms with Crippen molar-refractivity contribution in [3.63, 3.8) is 0 Å². The maximum absolute atomic E-state index is 13.2. The average Bonchev–Trinajstić information content (AvgIpc) is 3.40. The molecular formula is C24H26N4O2S. The lowest BCUT2D eigenvalue weighted by Crippen LogP contribution is -2.36. The summed E-state index contributed by atoms with van der Waals surface area (Å²) in [6.45, 7) is 7.45. The first-order valence-corrected chi connectivity index (χ1v) is 11.2. The number of para-hydroxylation sites is 1. The van der Waals surface area contributed by atoms with Crippen molar-refractivity contribution in [2.24, 2.45) is 0 Å². The van der Waals surface area contributed by atoms with Crippen LogP contribution in [0.4, 0.5) is 5.13 Å². The molecule has 0 atom stereocenters. The lowest BCUT2D eigenvalue weighted by Gasteiger charge is -2.20. The van der Waals surface area contributed by atoms with Crippen LogP contribution in [0.25, 0.3) is 10.2 Å². The standard InChI is InChI=1S/C24H26N4O2S/c1-17-13-19(3)23-20(14-17)26-24(31-23)28(11-6-10-27-12-9-25-16-27)22(29)15-30-21-8-5-4-7-18(21)2/h4-5,7-9,12-14,16H,6,10-11,15H2,1-3H3. The van der Waals surface area contributed by atoms with Crippen LogP contribution in [0.3, 0.4) is 0 Å². The molecule has 31 heavy (non-hydrogen) atoms. The fraction of sp³-hybridized carbons (Fsp3) is 0.292. The van der Waals surface area contributed by atoms with Crippen LogP contribution in [0.15, 0.2) is 55.1 Å². The van der Waals surface area contributed by atoms with E-state index < -0.39 is 0 Å². The maximum atomic E-state index is 13.2. The number of aromatic nitrogens is 3. The molecule has 0 aliphatic heterocycles. The molecule has 1 amide bonds. The van der Waals surface area contributed by atoms with Gasteiger partial charge in [-0.05, 0) is 56.0 Å². The third-order valence-corrected chi connectivity index (χ3v) is 6.37. The van der Waals surface area contributed by atoms with Crippen LogP contribution >= 0.6 is 11.3 Å². The fourth-order valence-electron chi connectivity index (χ4n) is 3.57. The normalized spacial score (nSPS) is 11.1. The van der Waals surface area contributed by atoms with Gasteiger partial charge in [-0.25, -0.2) is 9.97 Å². The average molecular weight is 435 g/mol. The van der Waals surface area contributed by atoms with E-state index in [0.29, 0.717) is 11.7 Å². The Balaban J connectivity index is 1.55. The predicted molar refractivity (Wildman–Crippen MR) is 125 cm³/mol. The summed E-state index contributed by atoms with van der Waals surface area (Å²) in [6.07, 6.45) is 6.27. The van der Waals surface area contributed by atoms with E-state index in [1.807, 2.05) is 42.0 Å². The molecule has 2 heterocycles. The van der Waals surface area contributed by atoms with Gasteiger partial charge in [0.1, 0.15) is 5.75 Å². The number of carbonyl (C=O) groups excluding carboxylic acids is 1. The number of amides is 1. The third kappa shape index (κ3) is 4.94. The van der Waals surface area contributed by atoms with E-state index in [1.165, 1.54) is 11.1 Å². The molecule has 0 bridgehead atoms. The molecule has 0 aliphatic carbocycles. The van der Waals surface area contributed by atoms with E-state index in [0.717, 1.165) is 34.5 Å². The van der Waals surface area contributed by atoms with E-state index in [-0.39, 0.29) is 12.5 Å². The van der Waals surface area contributed by atoms with Crippen molar-refractivity contribution in [1.82, 2.24) is 14.5 Å². The number of nitrogens with zero attached hydrogens (tertiary/aromatic N) is 4. The molecule has 4 aromatic rings. The van der Waals surface area contributed by atoms with Crippen LogP contribution in [0.1, 0.15) is 23.1 Å². The molecule has 0 saturated heterocycles. The minimum atomic E-state index is -0.0951. The smallest absolute Gasteiger partial charge is 0.266 e. The second kappa shape index (κ2) is 9.31. The Morgan fingerprint density at radius 3 is 2.77 bits per heavy atom. The summed E-state index contributed by atoms with van der Waals surface area (Å²) in [7, 11) is 0. The summed E-state index contributed by atoms with van der Waals surface area (Å²) in [5, 5.41) is 0.715. The van der Waals surface area contributed by atoms with Crippen molar-refractivity contribution >= 4 is 32.6 Å². The second-order valence-electron chi connectivity index (χ2n) is 7.68. The molecule has 2 aromatic heterocycles. The van der Waals surface area contributed by atoms with Crippen LogP contribution in [0.5, 0.6) is 5.75 Å². The van der Waals surface area contributed by atoms with Gasteiger partial charge in [0.15, 0.2) is 11.7 Å². The monoisotopic (exact) mass is 434 g/mol. The first-order chi connectivity index (χ1) is 15.0. The molecule has 2 aromatic carbocycles. The summed E-state index contributed by atoms with van der Waals surface area (Å²) >= 11 is 1.56. The molecule has 0 spiro atoms. The molecule has 4 rings (SSSR count). The number of hydrogen-bond donors (Lipinski definition) is 0. The SMILES string of the molecule is Cc1cc(C)c2sc(N(CCCn3ccnc3)C(=O)COc3ccccc3C)nc2c1. The zero-order valence-electron chi connectivity index (χ0n) is 18.0. The number of fused-ring (bicyclic) bond motifs is 1. The lowest BCUT2D eigenvalue weighted by molar-refractivity contribution is -0.120. The van der Waals surface area contributed by atoms with E-state index in [9.17, 15) is 4.79 Å². The van der Waals surface area contributed by atoms with Crippen molar-refractivity contribution in [3.05, 3.63) is 71.8 Å². The first-order valence-electron chi connectivity index (χ1n) is 10.3. The highest BCUT2D eigenvalue weighted by molar-refractivity contribution is 7.22. The Labute approximate surface area is 186 Å². The number of imidazole rings is 1. The minimum Gasteiger partial charge on any atom is -0.483 e. The van der Waals surface area contributed by atoms with Crippen molar-refractivity contribution in [3.8, 4) is 5.75 Å². The summed E-state index contributed by atoms with van der Waals surface area (Å²) in [5.41, 5.74) is 4.29. The van der Waals surface area contributed by atoms with Gasteiger partial charge in [0.25, 0.3) is 5.91 Å². The van der Waals surface area contributed by atoms with Gasteiger partial charge in [0, 0.05) is 25.5 Å². The molecule has 7 heteroatoms. The van der Waals surface area contributed by atoms with E-state index in [1.54, 1.807) is 28.8 Å². The number of thiazole rings is 1. The zero-order valence-corrected chi connectivity index (χ0v) is 18.9. The molecular weight excluding hydrogens is 408 g/mol. The van der Waals surface area contributed by atoms with Crippen LogP contribution in [-0.2, 0) is 11.3 Å². The Morgan fingerprint density at radius 2 is 2.00 bits per heavy atom. The van der Waals surface area contributed by atoms with Gasteiger partial charge in [0.2, 0.25) is 0 Å². The van der Waals surface area contributed by atoms with Gasteiger partial charge >= 0.3 is 0 Å². The zero-order chi connectivity index (χ0) is 21.8. The number of aryl methyl sites for hydroxylation is 4. The van der Waals surface area contributed by atoms with E-state index >= 15 is 0 Å². The lowest BCUT2D eigenvalue weighted by atomic mass is 10.1. The Kier molecular flexibility index (Phi) is 6.32. The van der Waals surface area contributed by atoms with Gasteiger partial charge in [-0.15, -0.1) is 0 Å². The van der Waals surface area contributed by atoms with Crippen molar-refractivity contribution in [2.75, 3.05) is 18.1 Å². The van der Waals surface area contributed by atoms with E-state index in [4.69, 9.17) is 9.72 Å². The first kappa shape index (κ1) is 21.1. The predicted octanol–water partition coefficient (Wildman–Crippen LogP) is 4.92. The minimum absolute atomic E-state index is 0.0239. The number of benzene rings is 2. The van der Waals surface area contributed by atoms with Crippen molar-refractivity contribution in [1.29, 1.82) is 0 Å². The molecule has 0 aliphatic rings. The third-order valence-electron chi connectivity index (χ3n) is 5.14. The fourth-order valence-corrected chi connectivity index (χ4v) is 4.63. The summed E-state index contributed by atoms with van der Waals surface area (Å²) in [5.74, 6) is 0.632. The highest BCUT2D eigenvalue weighted by atomic mass is 32.1. The highest BCUT2D eigenvalue weighted by Gasteiger charge is 2.21. The largest absolute Gasteiger partial charge is 0.483 e. The number of ether oxygens (including phenoxy) is 1. The van der Waals surface area contributed by atoms with Crippen LogP contribution < -0.4 is 9.64 Å². The number of rotatable bonds is 8. The van der Waals surface area contributed by atoms with Gasteiger partial charge < -0.3 is 9.30 Å². The molecule has 0 unspecified atom stereocenters. The maximum Gasteiger partial charge on any atom is 0.266 e. The Hall–Kier alpha value is -3.19. The Bertz CT molecular complexity index is 1180. The summed E-state index contributed by atoms with van der Waals surface area (Å²) < 4.78 is 8.97. The molecule has 0 saturated carbocycles. The van der Waals surface area contributed by atoms with Gasteiger partial charge in [-0.1, -0.05) is 35.6 Å². The topological polar surface area (TPSA) is 60.2 Å². The highest BCUT2D eigenvalue weighted by Crippen LogP contribution is 2.32. The molecule has 160 valence electrons. The molecule has 0 fully saturated rings.